The zero-order chi connectivity index (χ0) is 43.6. The summed E-state index contributed by atoms with van der Waals surface area (Å²) in [5, 5.41) is 66.8. The van der Waals surface area contributed by atoms with E-state index in [4.69, 9.17) is 19.9 Å². The molecule has 4 bridgehead atoms. The minimum Gasteiger partial charge on any atom is -0.456 e. The summed E-state index contributed by atoms with van der Waals surface area (Å²) in [6, 6.07) is 0. The van der Waals surface area contributed by atoms with Crippen molar-refractivity contribution in [2.75, 3.05) is 39.5 Å². The number of ketones is 1. The number of hydrogen-bond donors (Lipinski definition) is 9. The monoisotopic (exact) mass is 872 g/mol. The number of carbonyl (C=O) groups excluding carboxylic acids is 2. The van der Waals surface area contributed by atoms with E-state index in [2.05, 4.69) is 29.8 Å². The van der Waals surface area contributed by atoms with Crippen LogP contribution >= 0.6 is 0 Å². The maximum Gasteiger partial charge on any atom is 0.336 e. The van der Waals surface area contributed by atoms with E-state index in [0.717, 1.165) is 70.9 Å². The van der Waals surface area contributed by atoms with Gasteiger partial charge in [-0.15, -0.1) is 0 Å². The van der Waals surface area contributed by atoms with Gasteiger partial charge >= 0.3 is 5.97 Å². The lowest BCUT2D eigenvalue weighted by molar-refractivity contribution is -0.711. The Labute approximate surface area is 368 Å². The number of rotatable bonds is 7. The standard InChI is InChI=1S/C48H78N4O10/c1-4-23(20-53)47(59)61-37-18-33-43(58)41-36(57)17-28(21-54)60-45(41)42-39-31-12-13-51-46(49)40(31)30(11-7-24-6-9-27(56)16-32(24)34(39)22-55)29-10-8-25-15-38(50-5-2)52-19-26(25)14-35(29)48(37,3)62-44(33)42/h4,24-35,37-46,50-56,58H,5-22,49H2,1-3H3/p+1/t24?,25?,26?,27?,28?,29-,30+,31?,32?,33?,34+,35+,37+,38?,39+,40?,41?,42?,43?,44?,45?,46?,48-/m0/s1. The third-order valence-electron chi connectivity index (χ3n) is 19.2. The van der Waals surface area contributed by atoms with E-state index in [1.54, 1.807) is 13.0 Å². The van der Waals surface area contributed by atoms with E-state index in [0.29, 0.717) is 31.0 Å². The van der Waals surface area contributed by atoms with E-state index >= 15 is 0 Å². The van der Waals surface area contributed by atoms with E-state index < -0.39 is 72.6 Å². The number of allylic oxidation sites excluding steroid dienone is 1. The number of piperidine rings is 2. The van der Waals surface area contributed by atoms with Crippen molar-refractivity contribution >= 4 is 11.8 Å². The minimum absolute atomic E-state index is 0.0111. The predicted molar refractivity (Wildman–Crippen MR) is 228 cm³/mol. The van der Waals surface area contributed by atoms with Gasteiger partial charge in [0.1, 0.15) is 23.7 Å². The van der Waals surface area contributed by atoms with Crippen LogP contribution in [0.3, 0.4) is 0 Å². The smallest absolute Gasteiger partial charge is 0.336 e. The Morgan fingerprint density at radius 1 is 0.903 bits per heavy atom. The highest BCUT2D eigenvalue weighted by Gasteiger charge is 2.68. The van der Waals surface area contributed by atoms with Crippen LogP contribution in [0, 0.1) is 82.9 Å². The highest BCUT2D eigenvalue weighted by atomic mass is 16.6. The number of esters is 1. The second-order valence-corrected chi connectivity index (χ2v) is 21.7. The van der Waals surface area contributed by atoms with Crippen molar-refractivity contribution in [2.24, 2.45) is 88.6 Å². The summed E-state index contributed by atoms with van der Waals surface area (Å²) in [6.45, 7) is 7.78. The number of quaternary nitrogens is 1. The fourth-order valence-electron chi connectivity index (χ4n) is 16.6. The molecule has 14 heteroatoms. The SMILES string of the molecule is CC=C(CO)C(=O)O[C@@H]1CC2C(O)C3C(=O)CC(CO)OC3C3C2O[C@@]1(C)[C@@H]1CC2C[NH2+]C(NCC)CC2CC[C@H]1[C@H]1CCC2CCC(O)CC2[C@@H](CO)[C@H]3C2CCNC(N)C21. The van der Waals surface area contributed by atoms with Gasteiger partial charge in [0.2, 0.25) is 0 Å². The number of aliphatic hydroxyl groups excluding tert-OH is 5. The molecule has 4 aliphatic carbocycles. The van der Waals surface area contributed by atoms with E-state index in [1.165, 1.54) is 0 Å². The zero-order valence-electron chi connectivity index (χ0n) is 37.4. The predicted octanol–water partition coefficient (Wildman–Crippen LogP) is 0.814. The largest absolute Gasteiger partial charge is 0.456 e. The lowest BCUT2D eigenvalue weighted by Crippen LogP contribution is -2.96. The van der Waals surface area contributed by atoms with Gasteiger partial charge < -0.3 is 56.1 Å². The van der Waals surface area contributed by atoms with E-state index in [9.17, 15) is 35.1 Å². The maximum absolute atomic E-state index is 14.5. The molecule has 11 N–H and O–H groups in total. The molecule has 9 rings (SSSR count). The zero-order valence-corrected chi connectivity index (χ0v) is 37.4. The second-order valence-electron chi connectivity index (χ2n) is 21.7. The highest BCUT2D eigenvalue weighted by molar-refractivity contribution is 5.88. The summed E-state index contributed by atoms with van der Waals surface area (Å²) in [7, 11) is 0. The average Bonchev–Trinajstić information content (AvgIpc) is 3.42. The molecule has 5 aliphatic heterocycles. The van der Waals surface area contributed by atoms with Gasteiger partial charge in [0.05, 0.1) is 67.9 Å². The summed E-state index contributed by atoms with van der Waals surface area (Å²) >= 11 is 0. The molecule has 0 radical (unpaired) electrons. The van der Waals surface area contributed by atoms with Crippen LogP contribution < -0.4 is 21.7 Å². The first-order valence-corrected chi connectivity index (χ1v) is 24.9. The third-order valence-corrected chi connectivity index (χ3v) is 19.2. The molecule has 0 aromatic heterocycles. The van der Waals surface area contributed by atoms with Gasteiger partial charge in [-0.25, -0.2) is 4.79 Å². The summed E-state index contributed by atoms with van der Waals surface area (Å²) in [5.41, 5.74) is 6.62. The number of ether oxygens (including phenoxy) is 3. The normalized spacial score (nSPS) is 51.7. The van der Waals surface area contributed by atoms with Crippen molar-refractivity contribution < 1.29 is 54.6 Å². The number of aliphatic hydroxyl groups is 5. The molecule has 0 amide bonds. The van der Waals surface area contributed by atoms with Crippen LogP contribution in [-0.2, 0) is 23.8 Å². The van der Waals surface area contributed by atoms with Crippen LogP contribution in [0.15, 0.2) is 11.6 Å². The summed E-state index contributed by atoms with van der Waals surface area (Å²) in [4.78, 5) is 28.6. The molecule has 9 fully saturated rings. The lowest BCUT2D eigenvalue weighted by atomic mass is 9.49. The van der Waals surface area contributed by atoms with Gasteiger partial charge in [0.25, 0.3) is 0 Å². The van der Waals surface area contributed by atoms with Crippen LogP contribution in [0.4, 0.5) is 0 Å². The molecule has 0 spiro atoms. The van der Waals surface area contributed by atoms with Crippen molar-refractivity contribution in [3.63, 3.8) is 0 Å². The molecule has 9 aliphatic rings. The highest BCUT2D eigenvalue weighted by Crippen LogP contribution is 2.63. The lowest BCUT2D eigenvalue weighted by Gasteiger charge is -2.64. The molecular formula is C48H79N4O10+. The second kappa shape index (κ2) is 18.6. The first-order valence-electron chi connectivity index (χ1n) is 24.9. The fraction of sp³-hybridized carbons (Fsp3) is 0.917. The van der Waals surface area contributed by atoms with Gasteiger partial charge in [0, 0.05) is 37.2 Å². The molecular weight excluding hydrogens is 793 g/mol. The molecule has 5 saturated heterocycles. The number of carbonyl (C=O) groups is 2. The molecule has 62 heavy (non-hydrogen) atoms. The van der Waals surface area contributed by atoms with Crippen molar-refractivity contribution in [3.8, 4) is 0 Å². The quantitative estimate of drug-likeness (QED) is 0.128. The maximum atomic E-state index is 14.5. The van der Waals surface area contributed by atoms with Gasteiger partial charge in [-0.3, -0.25) is 10.1 Å². The van der Waals surface area contributed by atoms with Crippen LogP contribution in [0.2, 0.25) is 0 Å². The Morgan fingerprint density at radius 3 is 2.42 bits per heavy atom. The van der Waals surface area contributed by atoms with Crippen LogP contribution in [0.1, 0.15) is 97.8 Å². The molecule has 5 heterocycles. The molecule has 16 unspecified atom stereocenters. The third kappa shape index (κ3) is 7.88. The summed E-state index contributed by atoms with van der Waals surface area (Å²) in [6.07, 6.45) is 6.39. The molecule has 0 aromatic rings. The van der Waals surface area contributed by atoms with Crippen molar-refractivity contribution in [2.45, 2.75) is 152 Å². The number of Topliss-reactive ketones (excluding diaryl/α,β-unsaturated/α-hetero) is 1. The Hall–Kier alpha value is -1.56. The number of nitrogens with one attached hydrogen (secondary N) is 2. The molecule has 14 nitrogen and oxygen atoms in total. The fourth-order valence-corrected chi connectivity index (χ4v) is 16.6. The summed E-state index contributed by atoms with van der Waals surface area (Å²) < 4.78 is 21.5. The topological polar surface area (TPSA) is 230 Å². The molecule has 0 aromatic carbocycles. The summed E-state index contributed by atoms with van der Waals surface area (Å²) in [5.74, 6) is -1.60. The van der Waals surface area contributed by atoms with Gasteiger partial charge in [-0.05, 0) is 150 Å². The Balaban J connectivity index is 1.28. The van der Waals surface area contributed by atoms with E-state index in [-0.39, 0.29) is 96.8 Å². The number of hydrogen-bond acceptors (Lipinski definition) is 13. The van der Waals surface area contributed by atoms with E-state index in [1.807, 2.05) is 0 Å². The Bertz CT molecular complexity index is 1640. The van der Waals surface area contributed by atoms with Crippen LogP contribution in [0.5, 0.6) is 0 Å². The van der Waals surface area contributed by atoms with Gasteiger partial charge in [0.15, 0.2) is 0 Å². The molecule has 4 saturated carbocycles. The van der Waals surface area contributed by atoms with Crippen molar-refractivity contribution in [1.82, 2.24) is 10.6 Å². The first-order chi connectivity index (χ1) is 29.9. The molecule has 350 valence electrons. The Kier molecular flexibility index (Phi) is 13.7. The molecule has 23 atom stereocenters. The first kappa shape index (κ1) is 45.6. The Morgan fingerprint density at radius 2 is 1.68 bits per heavy atom. The average molecular weight is 872 g/mol. The number of nitrogens with two attached hydrogens (primary N) is 2. The number of fused-ring (bicyclic) bond motifs is 9. The van der Waals surface area contributed by atoms with Gasteiger partial charge in [-0.1, -0.05) is 13.0 Å². The van der Waals surface area contributed by atoms with Crippen LogP contribution in [-0.4, -0.2) is 131 Å². The van der Waals surface area contributed by atoms with Crippen molar-refractivity contribution in [3.05, 3.63) is 11.6 Å². The van der Waals surface area contributed by atoms with Crippen LogP contribution in [0.25, 0.3) is 0 Å². The minimum atomic E-state index is -1.15. The van der Waals surface area contributed by atoms with Crippen molar-refractivity contribution in [1.29, 1.82) is 0 Å². The van der Waals surface area contributed by atoms with Gasteiger partial charge in [-0.2, -0.15) is 0 Å².